The second-order valence-corrected chi connectivity index (χ2v) is 17.6. The van der Waals surface area contributed by atoms with Crippen LogP contribution in [0.2, 0.25) is 0 Å². The lowest BCUT2D eigenvalue weighted by atomic mass is 9.96. The minimum absolute atomic E-state index is 0.0424. The molecule has 1 saturated heterocycles. The van der Waals surface area contributed by atoms with Gasteiger partial charge < -0.3 is 70.2 Å². The third-order valence-electron chi connectivity index (χ3n) is 11.6. The molecule has 0 bridgehead atoms. The molecular weight excluding hydrogens is 941 g/mol. The number of phenolic OH excluding ortho intramolecular Hbond substituents is 1. The molecule has 1 fully saturated rings. The monoisotopic (exact) mass is 1010 g/mol. The normalized spacial score (nSPS) is 17.1. The number of likely N-dealkylation sites (tertiary alicyclic amines) is 1. The number of carbonyl (C=O) groups is 11. The van der Waals surface area contributed by atoms with Gasteiger partial charge in [0.2, 0.25) is 65.0 Å². The third-order valence-corrected chi connectivity index (χ3v) is 12.3. The van der Waals surface area contributed by atoms with Gasteiger partial charge in [-0.2, -0.15) is 25.3 Å². The number of nitrogens with zero attached hydrogens (tertiary/aromatic N) is 1. The van der Waals surface area contributed by atoms with E-state index in [-0.39, 0.29) is 42.6 Å². The summed E-state index contributed by atoms with van der Waals surface area (Å²) in [5.41, 5.74) is 22.4. The van der Waals surface area contributed by atoms with Crippen molar-refractivity contribution in [3.05, 3.63) is 29.8 Å². The molecule has 0 aliphatic carbocycles. The zero-order valence-corrected chi connectivity index (χ0v) is 40.9. The number of carbonyl (C=O) groups excluding carboxylic acids is 11. The van der Waals surface area contributed by atoms with E-state index in [1.165, 1.54) is 29.2 Å². The van der Waals surface area contributed by atoms with Gasteiger partial charge in [-0.15, -0.1) is 0 Å². The number of amides is 11. The van der Waals surface area contributed by atoms with Crippen LogP contribution in [0, 0.1) is 11.8 Å². The topological polar surface area (TPSA) is 400 Å². The quantitative estimate of drug-likeness (QED) is 0.0340. The maximum absolute atomic E-state index is 14.0. The van der Waals surface area contributed by atoms with Crippen molar-refractivity contribution in [1.29, 1.82) is 0 Å². The first-order valence-electron chi connectivity index (χ1n) is 22.5. The summed E-state index contributed by atoms with van der Waals surface area (Å²) in [5.74, 6) is -10.8. The molecule has 1 aromatic rings. The van der Waals surface area contributed by atoms with Crippen LogP contribution in [0.3, 0.4) is 0 Å². The molecule has 2 rings (SSSR count). The van der Waals surface area contributed by atoms with E-state index in [1.807, 2.05) is 0 Å². The van der Waals surface area contributed by atoms with Gasteiger partial charge in [-0.1, -0.05) is 52.7 Å². The molecule has 24 nitrogen and oxygen atoms in total. The van der Waals surface area contributed by atoms with Crippen LogP contribution < -0.4 is 60.2 Å². The van der Waals surface area contributed by atoms with E-state index < -0.39 is 145 Å². The summed E-state index contributed by atoms with van der Waals surface area (Å²) >= 11 is 8.28. The molecule has 0 spiro atoms. The van der Waals surface area contributed by atoms with Crippen molar-refractivity contribution in [2.24, 2.45) is 34.8 Å². The molecule has 0 unspecified atom stereocenters. The van der Waals surface area contributed by atoms with Gasteiger partial charge in [0, 0.05) is 30.9 Å². The lowest BCUT2D eigenvalue weighted by Crippen LogP contribution is -2.61. The number of aromatic hydroxyl groups is 1. The molecule has 69 heavy (non-hydrogen) atoms. The molecule has 0 aromatic heterocycles. The number of primary amides is 3. The van der Waals surface area contributed by atoms with Crippen molar-refractivity contribution in [2.75, 3.05) is 24.6 Å². The Balaban J connectivity index is 2.35. The smallest absolute Gasteiger partial charge is 0.246 e. The molecule has 1 aliphatic rings. The van der Waals surface area contributed by atoms with E-state index in [1.54, 1.807) is 27.7 Å². The highest BCUT2D eigenvalue weighted by Gasteiger charge is 2.41. The van der Waals surface area contributed by atoms with Crippen LogP contribution in [0.25, 0.3) is 0 Å². The zero-order chi connectivity index (χ0) is 52.1. The summed E-state index contributed by atoms with van der Waals surface area (Å²) in [4.78, 5) is 146. The molecule has 1 aromatic carbocycles. The summed E-state index contributed by atoms with van der Waals surface area (Å²) < 4.78 is 0. The second kappa shape index (κ2) is 29.0. The van der Waals surface area contributed by atoms with Crippen LogP contribution in [-0.4, -0.2) is 148 Å². The fourth-order valence-electron chi connectivity index (χ4n) is 7.09. The van der Waals surface area contributed by atoms with Crippen molar-refractivity contribution < 1.29 is 57.8 Å². The number of phenols is 1. The van der Waals surface area contributed by atoms with Crippen LogP contribution >= 0.6 is 25.3 Å². The molecular formula is C43H68N12O12S2. The average molecular weight is 1010 g/mol. The molecule has 384 valence electrons. The van der Waals surface area contributed by atoms with Crippen LogP contribution in [0.5, 0.6) is 5.75 Å². The first-order chi connectivity index (χ1) is 32.5. The van der Waals surface area contributed by atoms with Crippen LogP contribution in [0.15, 0.2) is 24.3 Å². The second-order valence-electron chi connectivity index (χ2n) is 16.9. The molecule has 16 N–H and O–H groups in total. The van der Waals surface area contributed by atoms with Gasteiger partial charge in [-0.25, -0.2) is 0 Å². The van der Waals surface area contributed by atoms with Gasteiger partial charge in [0.05, 0.1) is 19.0 Å². The van der Waals surface area contributed by atoms with E-state index in [2.05, 4.69) is 62.5 Å². The molecule has 1 heterocycles. The SMILES string of the molecule is CC[C@H](C)[C@H](NC(=O)[C@H](Cc1ccc(O)cc1)NC(=O)[C@@H](N)CS)C(=O)N[C@@H](CCC(N)=O)C(=O)N[C@@H](CC(N)=O)C(=O)N[C@@H](CS)C(=O)N1CCC[C@H]1C(=O)N[C@H](C(=O)NCC(N)=O)[C@@H](C)CC. The van der Waals surface area contributed by atoms with Crippen LogP contribution in [0.4, 0.5) is 0 Å². The van der Waals surface area contributed by atoms with Gasteiger partial charge in [0.1, 0.15) is 48.0 Å². The Morgan fingerprint density at radius 2 is 1.20 bits per heavy atom. The van der Waals surface area contributed by atoms with Crippen molar-refractivity contribution in [3.8, 4) is 5.75 Å². The Morgan fingerprint density at radius 3 is 1.74 bits per heavy atom. The minimum atomic E-state index is -1.76. The maximum Gasteiger partial charge on any atom is 0.246 e. The van der Waals surface area contributed by atoms with Crippen molar-refractivity contribution in [1.82, 2.24) is 42.1 Å². The predicted octanol–water partition coefficient (Wildman–Crippen LogP) is -4.14. The summed E-state index contributed by atoms with van der Waals surface area (Å²) in [6.07, 6.45) is -0.402. The summed E-state index contributed by atoms with van der Waals surface area (Å²) in [6.45, 7) is 6.48. The first kappa shape index (κ1) is 59.0. The fraction of sp³-hybridized carbons (Fsp3) is 0.605. The highest BCUT2D eigenvalue weighted by atomic mass is 32.1. The Hall–Kier alpha value is -6.15. The van der Waals surface area contributed by atoms with Crippen molar-refractivity contribution in [3.63, 3.8) is 0 Å². The molecule has 0 saturated carbocycles. The average Bonchev–Trinajstić information content (AvgIpc) is 3.81. The van der Waals surface area contributed by atoms with E-state index in [0.29, 0.717) is 24.8 Å². The number of nitrogens with one attached hydrogen (secondary N) is 7. The largest absolute Gasteiger partial charge is 0.508 e. The Labute approximate surface area is 411 Å². The van der Waals surface area contributed by atoms with Gasteiger partial charge in [0.15, 0.2) is 0 Å². The summed E-state index contributed by atoms with van der Waals surface area (Å²) in [7, 11) is 0. The van der Waals surface area contributed by atoms with Crippen molar-refractivity contribution in [2.45, 2.75) is 127 Å². The Bertz CT molecular complexity index is 2010. The number of benzene rings is 1. The Morgan fingerprint density at radius 1 is 0.667 bits per heavy atom. The molecule has 1 aliphatic heterocycles. The summed E-state index contributed by atoms with van der Waals surface area (Å²) in [6, 6.07) is -4.86. The third kappa shape index (κ3) is 19.0. The number of nitrogens with two attached hydrogens (primary N) is 4. The van der Waals surface area contributed by atoms with Gasteiger partial charge in [-0.3, -0.25) is 52.7 Å². The first-order valence-corrected chi connectivity index (χ1v) is 23.7. The van der Waals surface area contributed by atoms with Crippen molar-refractivity contribution >= 4 is 90.2 Å². The number of hydrogen-bond acceptors (Lipinski definition) is 15. The molecule has 26 heteroatoms. The number of hydrogen-bond donors (Lipinski definition) is 14. The van der Waals surface area contributed by atoms with Gasteiger partial charge in [0.25, 0.3) is 0 Å². The molecule has 11 amide bonds. The lowest BCUT2D eigenvalue weighted by molar-refractivity contribution is -0.142. The number of thiol groups is 2. The lowest BCUT2D eigenvalue weighted by Gasteiger charge is -2.31. The minimum Gasteiger partial charge on any atom is -0.508 e. The maximum atomic E-state index is 14.0. The van der Waals surface area contributed by atoms with E-state index >= 15 is 0 Å². The predicted molar refractivity (Wildman–Crippen MR) is 257 cm³/mol. The molecule has 10 atom stereocenters. The summed E-state index contributed by atoms with van der Waals surface area (Å²) in [5, 5.41) is 27.3. The fourth-order valence-corrected chi connectivity index (χ4v) is 7.50. The van der Waals surface area contributed by atoms with Gasteiger partial charge >= 0.3 is 0 Å². The van der Waals surface area contributed by atoms with Crippen LogP contribution in [0.1, 0.15) is 78.2 Å². The van der Waals surface area contributed by atoms with E-state index in [4.69, 9.17) is 22.9 Å². The highest BCUT2D eigenvalue weighted by Crippen LogP contribution is 2.21. The Kier molecular flexibility index (Phi) is 24.8. The standard InChI is InChI=1S/C43H68N12O12S2/c1-5-21(3)34(41(65)48-18-33(47)59)54-40(64)30-8-7-15-55(30)43(67)29(20-69)52-38(62)28(17-32(46)58)51-37(61)26(13-14-31(45)57)49-42(66)35(22(4)6-2)53-39(63)27(50-36(60)25(44)19-68)16-23-9-11-24(56)12-10-23/h9-12,21-22,25-30,34-35,56,68-69H,5-8,13-20,44H2,1-4H3,(H2,45,57)(H2,46,58)(H2,47,59)(H,48,65)(H,49,66)(H,50,60)(H,51,61)(H,52,62)(H,53,63)(H,54,64)/t21-,22-,25-,26-,27-,28-,29-,30-,34-,35-/m0/s1. The highest BCUT2D eigenvalue weighted by molar-refractivity contribution is 7.80. The number of rotatable bonds is 29. The zero-order valence-electron chi connectivity index (χ0n) is 39.2. The van der Waals surface area contributed by atoms with Gasteiger partial charge in [-0.05, 0) is 48.8 Å². The van der Waals surface area contributed by atoms with E-state index in [9.17, 15) is 57.8 Å². The van der Waals surface area contributed by atoms with Crippen LogP contribution in [-0.2, 0) is 59.2 Å². The molecule has 0 radical (unpaired) electrons. The van der Waals surface area contributed by atoms with E-state index in [0.717, 1.165) is 0 Å².